The van der Waals surface area contributed by atoms with Crippen molar-refractivity contribution in [1.82, 2.24) is 0 Å². The zero-order chi connectivity index (χ0) is 46.1. The molecule has 0 aliphatic carbocycles. The van der Waals surface area contributed by atoms with Crippen molar-refractivity contribution >= 4 is 129 Å². The van der Waals surface area contributed by atoms with Crippen molar-refractivity contribution in [1.29, 1.82) is 0 Å². The maximum atomic E-state index is 2.56. The second-order valence-corrected chi connectivity index (χ2v) is 20.1. The fraction of sp³-hybridized carbons (Fsp3) is 0. The van der Waals surface area contributed by atoms with Gasteiger partial charge in [0.1, 0.15) is 0 Å². The smallest absolute Gasteiger partial charge is 0.0555 e. The SMILES string of the molecule is c1ccc(-c2cc3ccc(N(c4cccc5ccccc45)c4cccc5sc6ccccc6c45)c(-c4ccccc4)c3cc2N(c2cccc3ccccc23)c2cccc3sc4ccccc4c23)cc1. The van der Waals surface area contributed by atoms with Gasteiger partial charge in [-0.3, -0.25) is 0 Å². The summed E-state index contributed by atoms with van der Waals surface area (Å²) in [5.41, 5.74) is 11.4. The molecule has 328 valence electrons. The van der Waals surface area contributed by atoms with Crippen LogP contribution in [0.2, 0.25) is 0 Å². The van der Waals surface area contributed by atoms with E-state index in [2.05, 4.69) is 265 Å². The third kappa shape index (κ3) is 6.53. The quantitative estimate of drug-likeness (QED) is 0.150. The van der Waals surface area contributed by atoms with Gasteiger partial charge in [-0.1, -0.05) is 188 Å². The van der Waals surface area contributed by atoms with Crippen LogP contribution in [0.5, 0.6) is 0 Å². The Morgan fingerprint density at radius 1 is 0.243 bits per heavy atom. The number of hydrogen-bond acceptors (Lipinski definition) is 4. The van der Waals surface area contributed by atoms with Crippen LogP contribution in [0.4, 0.5) is 34.1 Å². The van der Waals surface area contributed by atoms with E-state index in [4.69, 9.17) is 0 Å². The highest BCUT2D eigenvalue weighted by Crippen LogP contribution is 2.54. The molecule has 0 spiro atoms. The Morgan fingerprint density at radius 3 is 1.24 bits per heavy atom. The molecule has 0 N–H and O–H groups in total. The molecule has 12 aromatic carbocycles. The molecular weight excluding hydrogens is 885 g/mol. The van der Waals surface area contributed by atoms with Crippen LogP contribution < -0.4 is 9.80 Å². The molecular formula is C66H42N2S2. The minimum atomic E-state index is 1.11. The molecule has 0 radical (unpaired) electrons. The van der Waals surface area contributed by atoms with Crippen LogP contribution in [0.15, 0.2) is 255 Å². The van der Waals surface area contributed by atoms with Crippen LogP contribution in [-0.4, -0.2) is 0 Å². The maximum absolute atomic E-state index is 2.56. The van der Waals surface area contributed by atoms with Crippen LogP contribution in [0.25, 0.3) is 94.9 Å². The molecule has 0 saturated carbocycles. The largest absolute Gasteiger partial charge is 0.309 e. The number of rotatable bonds is 8. The Balaban J connectivity index is 1.15. The van der Waals surface area contributed by atoms with Crippen LogP contribution in [0.1, 0.15) is 0 Å². The molecule has 0 atom stereocenters. The fourth-order valence-electron chi connectivity index (χ4n) is 10.9. The number of fused-ring (bicyclic) bond motifs is 9. The van der Waals surface area contributed by atoms with Crippen molar-refractivity contribution in [3.63, 3.8) is 0 Å². The Labute approximate surface area is 413 Å². The van der Waals surface area contributed by atoms with Crippen molar-refractivity contribution in [3.8, 4) is 22.3 Å². The summed E-state index contributed by atoms with van der Waals surface area (Å²) < 4.78 is 5.09. The molecule has 14 rings (SSSR count). The Kier molecular flexibility index (Phi) is 9.61. The molecule has 2 heterocycles. The average Bonchev–Trinajstić information content (AvgIpc) is 4.01. The van der Waals surface area contributed by atoms with Gasteiger partial charge >= 0.3 is 0 Å². The maximum Gasteiger partial charge on any atom is 0.0555 e. The highest BCUT2D eigenvalue weighted by atomic mass is 32.1. The number of hydrogen-bond donors (Lipinski definition) is 0. The number of benzene rings is 12. The van der Waals surface area contributed by atoms with E-state index in [-0.39, 0.29) is 0 Å². The van der Waals surface area contributed by atoms with Crippen molar-refractivity contribution in [2.45, 2.75) is 0 Å². The summed E-state index contributed by atoms with van der Waals surface area (Å²) in [4.78, 5) is 5.12. The van der Waals surface area contributed by atoms with Gasteiger partial charge in [0.15, 0.2) is 0 Å². The van der Waals surface area contributed by atoms with Crippen molar-refractivity contribution in [3.05, 3.63) is 255 Å². The number of anilines is 6. The zero-order valence-electron chi connectivity index (χ0n) is 38.0. The van der Waals surface area contributed by atoms with E-state index < -0.39 is 0 Å². The summed E-state index contributed by atoms with van der Waals surface area (Å²) in [6, 6.07) is 94.2. The highest BCUT2D eigenvalue weighted by molar-refractivity contribution is 7.26. The predicted molar refractivity (Wildman–Crippen MR) is 305 cm³/mol. The first-order chi connectivity index (χ1) is 34.7. The van der Waals surface area contributed by atoms with Gasteiger partial charge in [-0.05, 0) is 99.4 Å². The zero-order valence-corrected chi connectivity index (χ0v) is 39.6. The molecule has 2 aromatic heterocycles. The van der Waals surface area contributed by atoms with E-state index in [1.54, 1.807) is 0 Å². The topological polar surface area (TPSA) is 6.48 Å². The summed E-state index contributed by atoms with van der Waals surface area (Å²) in [5, 5.41) is 12.2. The Hall–Kier alpha value is -8.54. The lowest BCUT2D eigenvalue weighted by atomic mass is 9.90. The lowest BCUT2D eigenvalue weighted by Gasteiger charge is -2.32. The van der Waals surface area contributed by atoms with Crippen molar-refractivity contribution in [2.24, 2.45) is 0 Å². The average molecular weight is 927 g/mol. The van der Waals surface area contributed by atoms with Gasteiger partial charge < -0.3 is 9.80 Å². The van der Waals surface area contributed by atoms with E-state index in [0.29, 0.717) is 0 Å². The van der Waals surface area contributed by atoms with Crippen LogP contribution in [-0.2, 0) is 0 Å². The van der Waals surface area contributed by atoms with Gasteiger partial charge in [-0.15, -0.1) is 22.7 Å². The molecule has 70 heavy (non-hydrogen) atoms. The van der Waals surface area contributed by atoms with Crippen LogP contribution in [0, 0.1) is 0 Å². The van der Waals surface area contributed by atoms with Crippen molar-refractivity contribution < 1.29 is 0 Å². The third-order valence-electron chi connectivity index (χ3n) is 14.0. The lowest BCUT2D eigenvalue weighted by Crippen LogP contribution is -2.14. The van der Waals surface area contributed by atoms with Crippen LogP contribution in [0.3, 0.4) is 0 Å². The summed E-state index contributed by atoms with van der Waals surface area (Å²) in [6.07, 6.45) is 0. The van der Waals surface area contributed by atoms with Crippen molar-refractivity contribution in [2.75, 3.05) is 9.80 Å². The summed E-state index contributed by atoms with van der Waals surface area (Å²) in [7, 11) is 0. The summed E-state index contributed by atoms with van der Waals surface area (Å²) >= 11 is 3.72. The minimum absolute atomic E-state index is 1.11. The number of nitrogens with zero attached hydrogens (tertiary/aromatic N) is 2. The highest BCUT2D eigenvalue weighted by Gasteiger charge is 2.28. The van der Waals surface area contributed by atoms with E-state index in [1.807, 2.05) is 22.7 Å². The van der Waals surface area contributed by atoms with Gasteiger partial charge in [-0.25, -0.2) is 0 Å². The normalized spacial score (nSPS) is 11.7. The first-order valence-electron chi connectivity index (χ1n) is 23.8. The molecule has 0 amide bonds. The third-order valence-corrected chi connectivity index (χ3v) is 16.3. The molecule has 4 heteroatoms. The van der Waals surface area contributed by atoms with Gasteiger partial charge in [0, 0.05) is 62.2 Å². The second-order valence-electron chi connectivity index (χ2n) is 17.9. The lowest BCUT2D eigenvalue weighted by molar-refractivity contribution is 1.31. The summed E-state index contributed by atoms with van der Waals surface area (Å²) in [5.74, 6) is 0. The molecule has 14 aromatic rings. The molecule has 0 unspecified atom stereocenters. The van der Waals surface area contributed by atoms with Gasteiger partial charge in [0.2, 0.25) is 0 Å². The monoisotopic (exact) mass is 926 g/mol. The molecule has 0 saturated heterocycles. The van der Waals surface area contributed by atoms with E-state index >= 15 is 0 Å². The Morgan fingerprint density at radius 2 is 0.671 bits per heavy atom. The van der Waals surface area contributed by atoms with Gasteiger partial charge in [0.25, 0.3) is 0 Å². The van der Waals surface area contributed by atoms with Gasteiger partial charge in [0.05, 0.1) is 34.1 Å². The molecule has 2 nitrogen and oxygen atoms in total. The second kappa shape index (κ2) is 16.6. The standard InChI is InChI=1S/C66H42N2S2/c1-3-19-45(20-4-1)52-41-47-39-40-58(67(54-31-15-25-43-21-7-9-27-48(43)54)56-33-17-37-62-65(56)50-29-11-13-35-60(50)69-62)64(46-23-5-2-6-24-46)53(47)42-59(52)68(55-32-16-26-44-22-8-10-28-49(44)55)57-34-18-38-63-66(57)51-30-12-14-36-61(51)70-63/h1-42H. The number of thiophene rings is 2. The molecule has 0 aliphatic rings. The first kappa shape index (κ1) is 40.5. The Bertz CT molecular complexity index is 4310. The molecule has 0 bridgehead atoms. The van der Waals surface area contributed by atoms with E-state index in [0.717, 1.165) is 50.8 Å². The first-order valence-corrected chi connectivity index (χ1v) is 25.5. The van der Waals surface area contributed by atoms with Gasteiger partial charge in [-0.2, -0.15) is 0 Å². The van der Waals surface area contributed by atoms with Crippen LogP contribution >= 0.6 is 22.7 Å². The minimum Gasteiger partial charge on any atom is -0.309 e. The van der Waals surface area contributed by atoms with E-state index in [9.17, 15) is 0 Å². The van der Waals surface area contributed by atoms with E-state index in [1.165, 1.54) is 78.2 Å². The summed E-state index contributed by atoms with van der Waals surface area (Å²) in [6.45, 7) is 0. The molecule has 0 fully saturated rings. The molecule has 0 aliphatic heterocycles. The fourth-order valence-corrected chi connectivity index (χ4v) is 13.2. The predicted octanol–water partition coefficient (Wildman–Crippen LogP) is 20.2.